The standard InChI is InChI=1S/C16H16O3S.CHF3O3S/c1-19-15-12-14(10-11-16(15)20(2,17)18)9-8-13-6-4-3-5-7-13;2-1(3,4)8(5,6)7/h3-12H,1-2H3;(H,5,6,7). The molecule has 0 heterocycles. The van der Waals surface area contributed by atoms with Crippen molar-refractivity contribution in [2.75, 3.05) is 13.4 Å². The van der Waals surface area contributed by atoms with E-state index in [-0.39, 0.29) is 4.90 Å². The molecule has 0 saturated carbocycles. The van der Waals surface area contributed by atoms with Crippen molar-refractivity contribution >= 4 is 32.1 Å². The summed E-state index contributed by atoms with van der Waals surface area (Å²) >= 11 is 0. The molecule has 2 aromatic rings. The summed E-state index contributed by atoms with van der Waals surface area (Å²) in [5.74, 6) is 0.364. The molecular formula is C17H17F3O6S2. The maximum Gasteiger partial charge on any atom is 0.522 e. The first kappa shape index (κ1) is 23.7. The van der Waals surface area contributed by atoms with Gasteiger partial charge >= 0.3 is 15.6 Å². The van der Waals surface area contributed by atoms with Gasteiger partial charge < -0.3 is 4.74 Å². The van der Waals surface area contributed by atoms with Gasteiger partial charge in [-0.05, 0) is 23.3 Å². The molecule has 0 fully saturated rings. The van der Waals surface area contributed by atoms with E-state index in [0.717, 1.165) is 11.1 Å². The van der Waals surface area contributed by atoms with Crippen LogP contribution in [0.1, 0.15) is 11.1 Å². The van der Waals surface area contributed by atoms with Crippen LogP contribution >= 0.6 is 0 Å². The largest absolute Gasteiger partial charge is 0.522 e. The number of hydrogen-bond donors (Lipinski definition) is 1. The molecule has 154 valence electrons. The third-order valence-electron chi connectivity index (χ3n) is 3.15. The number of rotatable bonds is 4. The summed E-state index contributed by atoms with van der Waals surface area (Å²) in [7, 11) is -7.65. The summed E-state index contributed by atoms with van der Waals surface area (Å²) in [6.45, 7) is 0. The predicted octanol–water partition coefficient (Wildman–Crippen LogP) is 3.66. The highest BCUT2D eigenvalue weighted by molar-refractivity contribution is 7.90. The Labute approximate surface area is 160 Å². The Morgan fingerprint density at radius 2 is 1.43 bits per heavy atom. The highest BCUT2D eigenvalue weighted by atomic mass is 32.2. The van der Waals surface area contributed by atoms with Gasteiger partial charge in [0.25, 0.3) is 0 Å². The molecule has 0 saturated heterocycles. The molecule has 0 aromatic heterocycles. The molecular weight excluding hydrogens is 421 g/mol. The first-order valence-electron chi connectivity index (χ1n) is 7.40. The molecule has 0 aliphatic rings. The molecule has 2 rings (SSSR count). The van der Waals surface area contributed by atoms with Crippen LogP contribution in [-0.2, 0) is 20.0 Å². The minimum Gasteiger partial charge on any atom is -0.495 e. The Balaban J connectivity index is 0.000000416. The Morgan fingerprint density at radius 1 is 0.929 bits per heavy atom. The first-order chi connectivity index (χ1) is 12.8. The first-order valence-corrected chi connectivity index (χ1v) is 10.7. The number of halogens is 3. The van der Waals surface area contributed by atoms with Crippen molar-refractivity contribution in [2.24, 2.45) is 0 Å². The van der Waals surface area contributed by atoms with Gasteiger partial charge in [-0.2, -0.15) is 21.6 Å². The van der Waals surface area contributed by atoms with E-state index in [9.17, 15) is 21.6 Å². The third kappa shape index (κ3) is 7.33. The summed E-state index contributed by atoms with van der Waals surface area (Å²) in [6, 6.07) is 14.9. The van der Waals surface area contributed by atoms with Crippen LogP contribution in [0.5, 0.6) is 5.75 Å². The molecule has 1 N–H and O–H groups in total. The van der Waals surface area contributed by atoms with Crippen LogP contribution in [-0.4, -0.2) is 40.3 Å². The number of sulfone groups is 1. The summed E-state index contributed by atoms with van der Waals surface area (Å²) in [4.78, 5) is 0.205. The topological polar surface area (TPSA) is 97.7 Å². The zero-order valence-electron chi connectivity index (χ0n) is 14.7. The quantitative estimate of drug-likeness (QED) is 0.445. The van der Waals surface area contributed by atoms with Crippen LogP contribution in [0.2, 0.25) is 0 Å². The Morgan fingerprint density at radius 3 is 1.86 bits per heavy atom. The molecule has 0 aliphatic carbocycles. The molecule has 0 radical (unpaired) electrons. The Kier molecular flexibility index (Phi) is 7.79. The smallest absolute Gasteiger partial charge is 0.495 e. The van der Waals surface area contributed by atoms with Gasteiger partial charge in [-0.25, -0.2) is 8.42 Å². The monoisotopic (exact) mass is 438 g/mol. The molecule has 0 spiro atoms. The maximum absolute atomic E-state index is 11.6. The van der Waals surface area contributed by atoms with Crippen molar-refractivity contribution < 1.29 is 39.3 Å². The molecule has 0 aliphatic heterocycles. The SMILES string of the molecule is COc1cc(C=Cc2ccccc2)ccc1S(C)(=O)=O.O=S(=O)(O)C(F)(F)F. The average molecular weight is 438 g/mol. The number of ether oxygens (including phenoxy) is 1. The third-order valence-corrected chi connectivity index (χ3v) is 4.87. The van der Waals surface area contributed by atoms with Gasteiger partial charge in [-0.3, -0.25) is 4.55 Å². The fourth-order valence-corrected chi connectivity index (χ4v) is 2.67. The van der Waals surface area contributed by atoms with Gasteiger partial charge in [0.2, 0.25) is 0 Å². The van der Waals surface area contributed by atoms with Gasteiger partial charge in [0.1, 0.15) is 10.6 Å². The lowest BCUT2D eigenvalue weighted by Gasteiger charge is -2.07. The van der Waals surface area contributed by atoms with Crippen LogP contribution in [0.15, 0.2) is 53.4 Å². The van der Waals surface area contributed by atoms with Gasteiger partial charge in [0.05, 0.1) is 7.11 Å². The molecule has 28 heavy (non-hydrogen) atoms. The Bertz CT molecular complexity index is 1030. The van der Waals surface area contributed by atoms with Crippen LogP contribution in [0.4, 0.5) is 13.2 Å². The zero-order valence-corrected chi connectivity index (χ0v) is 16.3. The van der Waals surface area contributed by atoms with Crippen molar-refractivity contribution in [1.29, 1.82) is 0 Å². The van der Waals surface area contributed by atoms with Crippen LogP contribution in [0.3, 0.4) is 0 Å². The van der Waals surface area contributed by atoms with E-state index in [1.807, 2.05) is 42.5 Å². The van der Waals surface area contributed by atoms with E-state index >= 15 is 0 Å². The highest BCUT2D eigenvalue weighted by Crippen LogP contribution is 2.25. The summed E-state index contributed by atoms with van der Waals surface area (Å²) in [5.41, 5.74) is -3.57. The molecule has 11 heteroatoms. The van der Waals surface area contributed by atoms with Gasteiger partial charge in [0.15, 0.2) is 9.84 Å². The Hall–Kier alpha value is -2.37. The average Bonchev–Trinajstić information content (AvgIpc) is 2.58. The van der Waals surface area contributed by atoms with Gasteiger partial charge in [0, 0.05) is 6.26 Å². The number of hydrogen-bond acceptors (Lipinski definition) is 5. The normalized spacial score (nSPS) is 12.4. The van der Waals surface area contributed by atoms with Crippen molar-refractivity contribution in [3.05, 3.63) is 59.7 Å². The number of methoxy groups -OCH3 is 1. The zero-order chi connectivity index (χ0) is 21.6. The summed E-state index contributed by atoms with van der Waals surface area (Å²) < 4.78 is 85.9. The number of alkyl halides is 3. The summed E-state index contributed by atoms with van der Waals surface area (Å²) in [5, 5.41) is 0. The predicted molar refractivity (Wildman–Crippen MR) is 99.1 cm³/mol. The lowest BCUT2D eigenvalue weighted by Crippen LogP contribution is -2.21. The second kappa shape index (κ2) is 9.22. The number of benzene rings is 2. The molecule has 6 nitrogen and oxygen atoms in total. The summed E-state index contributed by atoms with van der Waals surface area (Å²) in [6.07, 6.45) is 5.06. The van der Waals surface area contributed by atoms with Crippen LogP contribution in [0, 0.1) is 0 Å². The molecule has 2 aromatic carbocycles. The lowest BCUT2D eigenvalue weighted by molar-refractivity contribution is -0.0510. The fraction of sp³-hybridized carbons (Fsp3) is 0.176. The van der Waals surface area contributed by atoms with Gasteiger partial charge in [-0.1, -0.05) is 48.6 Å². The molecule has 0 atom stereocenters. The molecule has 0 amide bonds. The van der Waals surface area contributed by atoms with E-state index in [2.05, 4.69) is 0 Å². The van der Waals surface area contributed by atoms with Crippen molar-refractivity contribution in [2.45, 2.75) is 10.4 Å². The minimum atomic E-state index is -5.84. The van der Waals surface area contributed by atoms with E-state index in [1.165, 1.54) is 13.4 Å². The fourth-order valence-electron chi connectivity index (χ4n) is 1.85. The minimum absolute atomic E-state index is 0.205. The molecule has 0 unspecified atom stereocenters. The second-order valence-electron chi connectivity index (χ2n) is 5.35. The van der Waals surface area contributed by atoms with Crippen molar-refractivity contribution in [3.8, 4) is 5.75 Å². The van der Waals surface area contributed by atoms with Crippen molar-refractivity contribution in [1.82, 2.24) is 0 Å². The highest BCUT2D eigenvalue weighted by Gasteiger charge is 2.44. The van der Waals surface area contributed by atoms with E-state index in [4.69, 9.17) is 17.7 Å². The van der Waals surface area contributed by atoms with E-state index in [1.54, 1.807) is 18.2 Å². The van der Waals surface area contributed by atoms with E-state index < -0.39 is 25.5 Å². The van der Waals surface area contributed by atoms with Crippen molar-refractivity contribution in [3.63, 3.8) is 0 Å². The van der Waals surface area contributed by atoms with Gasteiger partial charge in [-0.15, -0.1) is 0 Å². The maximum atomic E-state index is 11.6. The second-order valence-corrected chi connectivity index (χ2v) is 8.74. The van der Waals surface area contributed by atoms with Crippen LogP contribution < -0.4 is 4.74 Å². The lowest BCUT2D eigenvalue weighted by atomic mass is 10.1. The molecule has 0 bridgehead atoms. The van der Waals surface area contributed by atoms with E-state index in [0.29, 0.717) is 5.75 Å². The van der Waals surface area contributed by atoms with Crippen LogP contribution in [0.25, 0.3) is 12.2 Å².